The lowest BCUT2D eigenvalue weighted by atomic mass is 10.3. The molecule has 0 aromatic rings. The zero-order chi connectivity index (χ0) is 5.28. The Bertz CT molecular complexity index is 88.1. The van der Waals surface area contributed by atoms with E-state index in [1.54, 1.807) is 0 Å². The zero-order valence-electron chi connectivity index (χ0n) is 4.05. The minimum Gasteiger partial charge on any atom is -0.385 e. The van der Waals surface area contributed by atoms with Gasteiger partial charge in [0, 0.05) is 6.42 Å². The lowest BCUT2D eigenvalue weighted by Crippen LogP contribution is -2.10. The lowest BCUT2D eigenvalue weighted by molar-refractivity contribution is -0.124. The summed E-state index contributed by atoms with van der Waals surface area (Å²) in [4.78, 5) is 10.3. The Kier molecular flexibility index (Phi) is 1.11. The second-order valence-corrected chi connectivity index (χ2v) is 1.87. The van der Waals surface area contributed by atoms with Crippen molar-refractivity contribution in [1.29, 1.82) is 0 Å². The van der Waals surface area contributed by atoms with Gasteiger partial charge in [-0.05, 0) is 12.8 Å². The molecular weight excluding hydrogens is 92.1 g/mol. The number of aliphatic hydroxyl groups excluding tert-OH is 1. The molecule has 0 aromatic carbocycles. The highest BCUT2D eigenvalue weighted by Crippen LogP contribution is 2.12. The van der Waals surface area contributed by atoms with Crippen molar-refractivity contribution in [2.75, 3.05) is 0 Å². The molecule has 0 spiro atoms. The third kappa shape index (κ3) is 0.800. The van der Waals surface area contributed by atoms with Crippen LogP contribution in [0.3, 0.4) is 0 Å². The van der Waals surface area contributed by atoms with Crippen LogP contribution in [0.15, 0.2) is 0 Å². The molecule has 1 aliphatic carbocycles. The van der Waals surface area contributed by atoms with Crippen LogP contribution in [0, 0.1) is 0 Å². The summed E-state index contributed by atoms with van der Waals surface area (Å²) in [6, 6.07) is 0. The molecule has 0 bridgehead atoms. The van der Waals surface area contributed by atoms with Gasteiger partial charge in [0.15, 0.2) is 5.78 Å². The number of hydrogen-bond acceptors (Lipinski definition) is 2. The summed E-state index contributed by atoms with van der Waals surface area (Å²) in [5.74, 6) is 0.0139. The van der Waals surface area contributed by atoms with Crippen molar-refractivity contribution < 1.29 is 9.90 Å². The third-order valence-corrected chi connectivity index (χ3v) is 1.27. The number of rotatable bonds is 0. The number of Topliss-reactive ketones (excluding diaryl/α,β-unsaturated/α-hetero) is 1. The molecule has 1 N–H and O–H groups in total. The van der Waals surface area contributed by atoms with E-state index < -0.39 is 6.10 Å². The monoisotopic (exact) mass is 100 g/mol. The summed E-state index contributed by atoms with van der Waals surface area (Å²) in [7, 11) is 0. The van der Waals surface area contributed by atoms with Crippen molar-refractivity contribution in [1.82, 2.24) is 0 Å². The van der Waals surface area contributed by atoms with Gasteiger partial charge in [-0.25, -0.2) is 0 Å². The minimum absolute atomic E-state index is 0.0139. The molecular formula is C5H8O2. The number of ketones is 1. The Morgan fingerprint density at radius 2 is 2.43 bits per heavy atom. The molecule has 2 nitrogen and oxygen atoms in total. The van der Waals surface area contributed by atoms with E-state index in [1.165, 1.54) is 0 Å². The van der Waals surface area contributed by atoms with Crippen molar-refractivity contribution >= 4 is 5.78 Å². The maximum atomic E-state index is 10.3. The topological polar surface area (TPSA) is 37.3 Å². The fourth-order valence-electron chi connectivity index (χ4n) is 0.797. The van der Waals surface area contributed by atoms with E-state index >= 15 is 0 Å². The van der Waals surface area contributed by atoms with Gasteiger partial charge in [-0.15, -0.1) is 0 Å². The minimum atomic E-state index is -0.625. The molecule has 0 saturated heterocycles. The molecule has 40 valence electrons. The van der Waals surface area contributed by atoms with E-state index in [1.807, 2.05) is 0 Å². The summed E-state index contributed by atoms with van der Waals surface area (Å²) in [5.41, 5.74) is 0. The Balaban J connectivity index is 2.48. The van der Waals surface area contributed by atoms with Crippen LogP contribution in [-0.4, -0.2) is 17.0 Å². The molecule has 0 heterocycles. The van der Waals surface area contributed by atoms with Gasteiger partial charge < -0.3 is 5.11 Å². The highest BCUT2D eigenvalue weighted by Gasteiger charge is 2.20. The summed E-state index contributed by atoms with van der Waals surface area (Å²) >= 11 is 0. The van der Waals surface area contributed by atoms with Crippen LogP contribution < -0.4 is 0 Å². The fourth-order valence-corrected chi connectivity index (χ4v) is 0.797. The quantitative estimate of drug-likeness (QED) is 0.468. The Labute approximate surface area is 42.1 Å². The second-order valence-electron chi connectivity index (χ2n) is 1.87. The van der Waals surface area contributed by atoms with E-state index in [9.17, 15) is 4.79 Å². The molecule has 2 heteroatoms. The first-order valence-electron chi connectivity index (χ1n) is 2.51. The normalized spacial score (nSPS) is 31.6. The van der Waals surface area contributed by atoms with E-state index in [-0.39, 0.29) is 5.78 Å². The van der Waals surface area contributed by atoms with Gasteiger partial charge >= 0.3 is 0 Å². The highest BCUT2D eigenvalue weighted by atomic mass is 16.3. The van der Waals surface area contributed by atoms with Crippen LogP contribution in [0.4, 0.5) is 0 Å². The molecule has 1 saturated carbocycles. The highest BCUT2D eigenvalue weighted by molar-refractivity contribution is 5.84. The van der Waals surface area contributed by atoms with E-state index in [2.05, 4.69) is 0 Å². The molecule has 7 heavy (non-hydrogen) atoms. The fraction of sp³-hybridized carbons (Fsp3) is 0.800. The Morgan fingerprint density at radius 3 is 2.57 bits per heavy atom. The second kappa shape index (κ2) is 1.62. The van der Waals surface area contributed by atoms with Crippen molar-refractivity contribution in [3.8, 4) is 0 Å². The van der Waals surface area contributed by atoms with Gasteiger partial charge in [-0.2, -0.15) is 0 Å². The van der Waals surface area contributed by atoms with Crippen LogP contribution >= 0.6 is 0 Å². The molecule has 1 aliphatic rings. The number of carbonyl (C=O) groups is 1. The van der Waals surface area contributed by atoms with Crippen molar-refractivity contribution in [3.05, 3.63) is 0 Å². The smallest absolute Gasteiger partial charge is 0.161 e. The van der Waals surface area contributed by atoms with E-state index in [0.717, 1.165) is 6.42 Å². The predicted octanol–water partition coefficient (Wildman–Crippen LogP) is 0.100. The van der Waals surface area contributed by atoms with Gasteiger partial charge in [0.05, 0.1) is 0 Å². The molecule has 0 amide bonds. The SMILES string of the molecule is O=C1CCCC1O. The summed E-state index contributed by atoms with van der Waals surface area (Å²) < 4.78 is 0. The maximum absolute atomic E-state index is 10.3. The van der Waals surface area contributed by atoms with Crippen LogP contribution in [0.1, 0.15) is 19.3 Å². The van der Waals surface area contributed by atoms with Crippen molar-refractivity contribution in [3.63, 3.8) is 0 Å². The standard InChI is InChI=1S/C5H8O2/c6-4-2-1-3-5(4)7/h4,6H,1-3H2. The molecule has 1 rings (SSSR count). The average Bonchev–Trinajstić information content (AvgIpc) is 1.91. The van der Waals surface area contributed by atoms with Gasteiger partial charge in [0.2, 0.25) is 0 Å². The zero-order valence-corrected chi connectivity index (χ0v) is 4.05. The molecule has 0 aromatic heterocycles. The summed E-state index contributed by atoms with van der Waals surface area (Å²) in [6.45, 7) is 0. The van der Waals surface area contributed by atoms with Gasteiger partial charge in [0.1, 0.15) is 6.10 Å². The Morgan fingerprint density at radius 1 is 1.71 bits per heavy atom. The molecule has 0 radical (unpaired) electrons. The van der Waals surface area contributed by atoms with E-state index in [0.29, 0.717) is 12.8 Å². The van der Waals surface area contributed by atoms with Crippen LogP contribution in [-0.2, 0) is 4.79 Å². The summed E-state index contributed by atoms with van der Waals surface area (Å²) in [5, 5.41) is 8.65. The van der Waals surface area contributed by atoms with Crippen molar-refractivity contribution in [2.24, 2.45) is 0 Å². The maximum Gasteiger partial charge on any atom is 0.161 e. The molecule has 1 atom stereocenters. The van der Waals surface area contributed by atoms with Crippen LogP contribution in [0.2, 0.25) is 0 Å². The molecule has 1 unspecified atom stereocenters. The van der Waals surface area contributed by atoms with Crippen LogP contribution in [0.25, 0.3) is 0 Å². The van der Waals surface area contributed by atoms with Crippen molar-refractivity contribution in [2.45, 2.75) is 25.4 Å². The van der Waals surface area contributed by atoms with Gasteiger partial charge in [0.25, 0.3) is 0 Å². The average molecular weight is 100 g/mol. The number of hydrogen-bond donors (Lipinski definition) is 1. The molecule has 0 aliphatic heterocycles. The third-order valence-electron chi connectivity index (χ3n) is 1.27. The first-order valence-corrected chi connectivity index (χ1v) is 2.51. The van der Waals surface area contributed by atoms with E-state index in [4.69, 9.17) is 5.11 Å². The predicted molar refractivity (Wildman–Crippen MR) is 24.9 cm³/mol. The molecule has 1 fully saturated rings. The number of aliphatic hydroxyl groups is 1. The number of carbonyl (C=O) groups excluding carboxylic acids is 1. The summed E-state index contributed by atoms with van der Waals surface area (Å²) in [6.07, 6.45) is 1.51. The van der Waals surface area contributed by atoms with Gasteiger partial charge in [-0.3, -0.25) is 4.79 Å². The first-order chi connectivity index (χ1) is 3.30. The first kappa shape index (κ1) is 4.78. The lowest BCUT2D eigenvalue weighted by Gasteiger charge is -1.90. The largest absolute Gasteiger partial charge is 0.385 e. The van der Waals surface area contributed by atoms with Crippen LogP contribution in [0.5, 0.6) is 0 Å². The Hall–Kier alpha value is -0.370. The van der Waals surface area contributed by atoms with Gasteiger partial charge in [-0.1, -0.05) is 0 Å².